The Morgan fingerprint density at radius 2 is 1.91 bits per heavy atom. The van der Waals surface area contributed by atoms with E-state index in [4.69, 9.17) is 17.3 Å². The lowest BCUT2D eigenvalue weighted by molar-refractivity contribution is 0.718. The van der Waals surface area contributed by atoms with Gasteiger partial charge in [0.2, 0.25) is 0 Å². The third-order valence-corrected chi connectivity index (χ3v) is 6.56. The smallest absolute Gasteiger partial charge is 0.330 e. The van der Waals surface area contributed by atoms with Gasteiger partial charge in [-0.3, -0.25) is 14.3 Å². The average Bonchev–Trinajstić information content (AvgIpc) is 2.81. The number of rotatable bonds is 7. The number of halogens is 1. The molecule has 4 rings (SSSR count). The van der Waals surface area contributed by atoms with E-state index in [1.165, 1.54) is 4.57 Å². The fourth-order valence-electron chi connectivity index (χ4n) is 3.77. The van der Waals surface area contributed by atoms with Crippen LogP contribution in [-0.2, 0) is 13.1 Å². The topological polar surface area (TPSA) is 97.0 Å². The SMILES string of the molecule is CCN(Cc1cc2ccc(SC)cc2nc1Cl)c1c(N)n(Cc2ccccc2)c(=O)[nH]c1=O. The molecule has 0 spiro atoms. The standard InChI is InChI=1S/C24H24ClN5O2S/c1-3-29(14-17-11-16-9-10-18(33-2)12-19(16)27-21(17)25)20-22(26)30(24(32)28-23(20)31)13-15-7-5-4-6-8-15/h4-12H,3,13-14,26H2,1-2H3,(H,28,31,32). The van der Waals surface area contributed by atoms with Crippen LogP contribution in [0.4, 0.5) is 11.5 Å². The number of nitrogen functional groups attached to an aromatic ring is 1. The van der Waals surface area contributed by atoms with Crippen LogP contribution in [-0.4, -0.2) is 27.3 Å². The summed E-state index contributed by atoms with van der Waals surface area (Å²) in [5.41, 5.74) is 8.02. The van der Waals surface area contributed by atoms with Crippen molar-refractivity contribution in [2.24, 2.45) is 0 Å². The van der Waals surface area contributed by atoms with Crippen LogP contribution in [0.15, 0.2) is 69.1 Å². The molecule has 4 aromatic rings. The molecule has 3 N–H and O–H groups in total. The number of anilines is 2. The molecule has 0 amide bonds. The predicted octanol–water partition coefficient (Wildman–Crippen LogP) is 4.12. The normalized spacial score (nSPS) is 11.1. The number of benzene rings is 2. The Morgan fingerprint density at radius 1 is 1.15 bits per heavy atom. The fraction of sp³-hybridized carbons (Fsp3) is 0.208. The van der Waals surface area contributed by atoms with Crippen LogP contribution in [0.1, 0.15) is 18.1 Å². The first-order chi connectivity index (χ1) is 15.9. The number of nitrogens with two attached hydrogens (primary N) is 1. The number of thioether (sulfide) groups is 1. The van der Waals surface area contributed by atoms with Crippen LogP contribution < -0.4 is 21.9 Å². The molecular weight excluding hydrogens is 458 g/mol. The molecule has 0 aliphatic carbocycles. The first-order valence-corrected chi connectivity index (χ1v) is 12.1. The lowest BCUT2D eigenvalue weighted by Gasteiger charge is -2.25. The van der Waals surface area contributed by atoms with Crippen molar-refractivity contribution in [2.75, 3.05) is 23.4 Å². The number of pyridine rings is 1. The minimum Gasteiger partial charge on any atom is -0.383 e. The lowest BCUT2D eigenvalue weighted by atomic mass is 10.1. The van der Waals surface area contributed by atoms with Crippen molar-refractivity contribution >= 4 is 45.8 Å². The Morgan fingerprint density at radius 3 is 2.61 bits per heavy atom. The van der Waals surface area contributed by atoms with Crippen LogP contribution in [0.3, 0.4) is 0 Å². The summed E-state index contributed by atoms with van der Waals surface area (Å²) in [6.45, 7) is 2.97. The van der Waals surface area contributed by atoms with Gasteiger partial charge in [-0.25, -0.2) is 9.78 Å². The van der Waals surface area contributed by atoms with Gasteiger partial charge in [0.05, 0.1) is 12.1 Å². The van der Waals surface area contributed by atoms with Crippen LogP contribution in [0.25, 0.3) is 10.9 Å². The summed E-state index contributed by atoms with van der Waals surface area (Å²) in [5.74, 6) is 0.115. The zero-order chi connectivity index (χ0) is 23.5. The maximum Gasteiger partial charge on any atom is 0.330 e. The van der Waals surface area contributed by atoms with E-state index < -0.39 is 11.2 Å². The van der Waals surface area contributed by atoms with Crippen molar-refractivity contribution < 1.29 is 0 Å². The highest BCUT2D eigenvalue weighted by molar-refractivity contribution is 7.98. The van der Waals surface area contributed by atoms with E-state index in [9.17, 15) is 9.59 Å². The van der Waals surface area contributed by atoms with Gasteiger partial charge in [-0.15, -0.1) is 11.8 Å². The quantitative estimate of drug-likeness (QED) is 0.304. The van der Waals surface area contributed by atoms with Crippen molar-refractivity contribution in [1.29, 1.82) is 0 Å². The number of nitrogens with zero attached hydrogens (tertiary/aromatic N) is 3. The monoisotopic (exact) mass is 481 g/mol. The van der Waals surface area contributed by atoms with Gasteiger partial charge >= 0.3 is 5.69 Å². The molecule has 0 radical (unpaired) electrons. The largest absolute Gasteiger partial charge is 0.383 e. The summed E-state index contributed by atoms with van der Waals surface area (Å²) in [7, 11) is 0. The predicted molar refractivity (Wildman–Crippen MR) is 137 cm³/mol. The number of aromatic amines is 1. The first-order valence-electron chi connectivity index (χ1n) is 10.5. The van der Waals surface area contributed by atoms with Crippen LogP contribution >= 0.6 is 23.4 Å². The minimum absolute atomic E-state index is 0.115. The van der Waals surface area contributed by atoms with Gasteiger partial charge < -0.3 is 10.6 Å². The van der Waals surface area contributed by atoms with Gasteiger partial charge in [0, 0.05) is 28.9 Å². The maximum absolute atomic E-state index is 12.8. The van der Waals surface area contributed by atoms with Gasteiger partial charge in [-0.1, -0.05) is 48.0 Å². The number of aromatic nitrogens is 3. The highest BCUT2D eigenvalue weighted by Crippen LogP contribution is 2.27. The molecule has 0 fully saturated rings. The molecule has 0 aliphatic rings. The van der Waals surface area contributed by atoms with Crippen molar-refractivity contribution in [1.82, 2.24) is 14.5 Å². The molecule has 2 aromatic carbocycles. The summed E-state index contributed by atoms with van der Waals surface area (Å²) >= 11 is 8.15. The fourth-order valence-corrected chi connectivity index (χ4v) is 4.40. The Labute approximate surface area is 200 Å². The Balaban J connectivity index is 1.73. The van der Waals surface area contributed by atoms with Crippen LogP contribution in [0.5, 0.6) is 0 Å². The summed E-state index contributed by atoms with van der Waals surface area (Å²) in [6, 6.07) is 17.5. The molecule has 170 valence electrons. The Hall–Kier alpha value is -3.23. The second-order valence-corrected chi connectivity index (χ2v) is 8.81. The summed E-state index contributed by atoms with van der Waals surface area (Å²) in [4.78, 5) is 35.2. The van der Waals surface area contributed by atoms with Gasteiger partial charge in [-0.05, 0) is 36.9 Å². The maximum atomic E-state index is 12.8. The van der Waals surface area contributed by atoms with Crippen LogP contribution in [0.2, 0.25) is 5.15 Å². The van der Waals surface area contributed by atoms with Crippen molar-refractivity contribution in [3.8, 4) is 0 Å². The number of hydrogen-bond acceptors (Lipinski definition) is 6. The molecule has 2 heterocycles. The molecule has 9 heteroatoms. The van der Waals surface area contributed by atoms with Crippen molar-refractivity contribution in [3.05, 3.63) is 91.7 Å². The molecule has 0 saturated heterocycles. The number of nitrogens with one attached hydrogen (secondary N) is 1. The van der Waals surface area contributed by atoms with E-state index >= 15 is 0 Å². The first kappa shape index (κ1) is 22.9. The molecule has 2 aromatic heterocycles. The highest BCUT2D eigenvalue weighted by Gasteiger charge is 2.20. The summed E-state index contributed by atoms with van der Waals surface area (Å²) in [5, 5.41) is 1.32. The average molecular weight is 482 g/mol. The van der Waals surface area contributed by atoms with E-state index in [2.05, 4.69) is 9.97 Å². The molecule has 0 bridgehead atoms. The van der Waals surface area contributed by atoms with E-state index in [0.29, 0.717) is 18.2 Å². The van der Waals surface area contributed by atoms with Gasteiger partial charge in [0.15, 0.2) is 0 Å². The lowest BCUT2D eigenvalue weighted by Crippen LogP contribution is -2.38. The van der Waals surface area contributed by atoms with Gasteiger partial charge in [-0.2, -0.15) is 0 Å². The number of H-pyrrole nitrogens is 1. The Kier molecular flexibility index (Phi) is 6.76. The summed E-state index contributed by atoms with van der Waals surface area (Å²) < 4.78 is 1.37. The summed E-state index contributed by atoms with van der Waals surface area (Å²) in [6.07, 6.45) is 2.01. The molecule has 0 unspecified atom stereocenters. The van der Waals surface area contributed by atoms with E-state index in [1.807, 2.05) is 67.8 Å². The highest BCUT2D eigenvalue weighted by atomic mass is 35.5. The second kappa shape index (κ2) is 9.72. The van der Waals surface area contributed by atoms with Crippen LogP contribution in [0, 0.1) is 0 Å². The van der Waals surface area contributed by atoms with Crippen molar-refractivity contribution in [3.63, 3.8) is 0 Å². The molecule has 33 heavy (non-hydrogen) atoms. The molecule has 0 atom stereocenters. The van der Waals surface area contributed by atoms with Gasteiger partial charge in [0.1, 0.15) is 16.7 Å². The number of fused-ring (bicyclic) bond motifs is 1. The zero-order valence-corrected chi connectivity index (χ0v) is 19.9. The molecular formula is C24H24ClN5O2S. The van der Waals surface area contributed by atoms with E-state index in [-0.39, 0.29) is 18.1 Å². The zero-order valence-electron chi connectivity index (χ0n) is 18.3. The molecule has 7 nitrogen and oxygen atoms in total. The number of hydrogen-bond donors (Lipinski definition) is 2. The van der Waals surface area contributed by atoms with Gasteiger partial charge in [0.25, 0.3) is 5.56 Å². The molecule has 0 aliphatic heterocycles. The van der Waals surface area contributed by atoms with E-state index in [0.717, 1.165) is 26.9 Å². The second-order valence-electron chi connectivity index (χ2n) is 7.58. The minimum atomic E-state index is -0.545. The molecule has 0 saturated carbocycles. The third-order valence-electron chi connectivity index (χ3n) is 5.51. The van der Waals surface area contributed by atoms with E-state index in [1.54, 1.807) is 16.7 Å². The van der Waals surface area contributed by atoms with Crippen molar-refractivity contribution in [2.45, 2.75) is 24.9 Å². The Bertz CT molecular complexity index is 1420. The third kappa shape index (κ3) is 4.77.